The number of carbonyl (C=O) groups is 1. The minimum atomic E-state index is -0.383. The lowest BCUT2D eigenvalue weighted by Gasteiger charge is -2.31. The van der Waals surface area contributed by atoms with Crippen molar-refractivity contribution in [3.05, 3.63) is 28.6 Å². The van der Waals surface area contributed by atoms with Gasteiger partial charge in [-0.25, -0.2) is 0 Å². The minimum absolute atomic E-state index is 0. The minimum Gasteiger partial charge on any atom is -0.497 e. The average Bonchev–Trinajstić information content (AvgIpc) is 2.83. The van der Waals surface area contributed by atoms with E-state index in [9.17, 15) is 4.79 Å². The summed E-state index contributed by atoms with van der Waals surface area (Å²) in [6, 6.07) is 5.90. The van der Waals surface area contributed by atoms with E-state index in [2.05, 4.69) is 19.2 Å². The van der Waals surface area contributed by atoms with Crippen LogP contribution in [0.25, 0.3) is 10.1 Å². The van der Waals surface area contributed by atoms with Gasteiger partial charge >= 0.3 is 0 Å². The van der Waals surface area contributed by atoms with E-state index < -0.39 is 0 Å². The smallest absolute Gasteiger partial charge is 0.262 e. The van der Waals surface area contributed by atoms with E-state index in [1.165, 1.54) is 11.3 Å². The molecule has 0 saturated heterocycles. The van der Waals surface area contributed by atoms with Crippen molar-refractivity contribution in [2.75, 3.05) is 13.7 Å². The number of carbonyl (C=O) groups excluding carboxylic acids is 1. The van der Waals surface area contributed by atoms with E-state index in [1.54, 1.807) is 7.11 Å². The SMILES string of the molecule is COc1ccc2sc(C(=O)NC(C)(CN)CC(C)C)c(C)c2c1.Cl. The zero-order valence-corrected chi connectivity index (χ0v) is 16.6. The Labute approximate surface area is 154 Å². The van der Waals surface area contributed by atoms with Crippen LogP contribution in [0, 0.1) is 12.8 Å². The highest BCUT2D eigenvalue weighted by atomic mass is 35.5. The molecular formula is C18H27ClN2O2S. The number of methoxy groups -OCH3 is 1. The molecule has 4 nitrogen and oxygen atoms in total. The summed E-state index contributed by atoms with van der Waals surface area (Å²) in [5.74, 6) is 1.23. The highest BCUT2D eigenvalue weighted by Crippen LogP contribution is 2.33. The molecule has 0 aliphatic heterocycles. The molecule has 24 heavy (non-hydrogen) atoms. The van der Waals surface area contributed by atoms with E-state index in [4.69, 9.17) is 10.5 Å². The molecule has 0 bridgehead atoms. The van der Waals surface area contributed by atoms with Gasteiger partial charge in [-0.1, -0.05) is 13.8 Å². The van der Waals surface area contributed by atoms with Crippen LogP contribution in [-0.2, 0) is 0 Å². The first-order valence-corrected chi connectivity index (χ1v) is 8.71. The van der Waals surface area contributed by atoms with Crippen molar-refractivity contribution in [3.63, 3.8) is 0 Å². The molecule has 1 atom stereocenters. The number of ether oxygens (including phenoxy) is 1. The fraction of sp³-hybridized carbons (Fsp3) is 0.500. The van der Waals surface area contributed by atoms with Crippen LogP contribution in [0.4, 0.5) is 0 Å². The number of hydrogen-bond acceptors (Lipinski definition) is 4. The van der Waals surface area contributed by atoms with Gasteiger partial charge in [-0.05, 0) is 55.3 Å². The maximum Gasteiger partial charge on any atom is 0.262 e. The summed E-state index contributed by atoms with van der Waals surface area (Å²) in [5, 5.41) is 4.20. The van der Waals surface area contributed by atoms with Crippen LogP contribution in [0.3, 0.4) is 0 Å². The van der Waals surface area contributed by atoms with Crippen LogP contribution >= 0.6 is 23.7 Å². The second-order valence-electron chi connectivity index (χ2n) is 6.74. The maximum absolute atomic E-state index is 12.8. The number of amides is 1. The standard InChI is InChI=1S/C18H26N2O2S.ClH/c1-11(2)9-18(4,10-19)20-17(21)16-12(3)14-8-13(22-5)6-7-15(14)23-16;/h6-8,11H,9-10,19H2,1-5H3,(H,20,21);1H. The molecule has 0 aliphatic rings. The first kappa shape index (κ1) is 20.7. The van der Waals surface area contributed by atoms with E-state index >= 15 is 0 Å². The van der Waals surface area contributed by atoms with Crippen molar-refractivity contribution in [3.8, 4) is 5.75 Å². The lowest BCUT2D eigenvalue weighted by molar-refractivity contribution is 0.0902. The number of halogens is 1. The van der Waals surface area contributed by atoms with Gasteiger partial charge in [0.15, 0.2) is 0 Å². The number of hydrogen-bond donors (Lipinski definition) is 2. The highest BCUT2D eigenvalue weighted by Gasteiger charge is 2.28. The second kappa shape index (κ2) is 8.19. The molecule has 0 aliphatic carbocycles. The van der Waals surface area contributed by atoms with Gasteiger partial charge < -0.3 is 15.8 Å². The van der Waals surface area contributed by atoms with Gasteiger partial charge in [0.1, 0.15) is 5.75 Å². The zero-order chi connectivity index (χ0) is 17.2. The molecule has 2 rings (SSSR count). The number of nitrogens with two attached hydrogens (primary N) is 1. The quantitative estimate of drug-likeness (QED) is 0.803. The largest absolute Gasteiger partial charge is 0.497 e. The molecule has 0 fully saturated rings. The summed E-state index contributed by atoms with van der Waals surface area (Å²) >= 11 is 1.51. The number of nitrogens with one attached hydrogen (secondary N) is 1. The topological polar surface area (TPSA) is 64.3 Å². The summed E-state index contributed by atoms with van der Waals surface area (Å²) in [4.78, 5) is 13.5. The molecule has 0 saturated carbocycles. The van der Waals surface area contributed by atoms with Crippen LogP contribution in [0.15, 0.2) is 18.2 Å². The molecule has 134 valence electrons. The first-order valence-electron chi connectivity index (χ1n) is 7.89. The lowest BCUT2D eigenvalue weighted by Crippen LogP contribution is -2.52. The third-order valence-corrected chi connectivity index (χ3v) is 5.35. The fourth-order valence-electron chi connectivity index (χ4n) is 2.96. The molecule has 0 radical (unpaired) electrons. The van der Waals surface area contributed by atoms with Crippen LogP contribution in [0.5, 0.6) is 5.75 Å². The predicted octanol–water partition coefficient (Wildman–Crippen LogP) is 4.13. The Bertz CT molecular complexity index is 714. The Morgan fingerprint density at radius 3 is 2.62 bits per heavy atom. The van der Waals surface area contributed by atoms with Gasteiger partial charge in [-0.2, -0.15) is 0 Å². The maximum atomic E-state index is 12.8. The molecule has 3 N–H and O–H groups in total. The fourth-order valence-corrected chi connectivity index (χ4v) is 4.05. The van der Waals surface area contributed by atoms with Gasteiger partial charge in [0, 0.05) is 11.2 Å². The second-order valence-corrected chi connectivity index (χ2v) is 7.79. The zero-order valence-electron chi connectivity index (χ0n) is 14.9. The Morgan fingerprint density at radius 2 is 2.08 bits per heavy atom. The molecule has 6 heteroatoms. The molecule has 1 aromatic heterocycles. The molecule has 0 spiro atoms. The van der Waals surface area contributed by atoms with Crippen molar-refractivity contribution in [2.45, 2.75) is 39.7 Å². The van der Waals surface area contributed by atoms with Crippen molar-refractivity contribution < 1.29 is 9.53 Å². The third kappa shape index (κ3) is 4.41. The summed E-state index contributed by atoms with van der Waals surface area (Å²) < 4.78 is 6.37. The molecule has 2 aromatic rings. The normalized spacial score (nSPS) is 13.5. The van der Waals surface area contributed by atoms with Crippen molar-refractivity contribution in [1.29, 1.82) is 0 Å². The van der Waals surface area contributed by atoms with E-state index in [0.717, 1.165) is 32.7 Å². The molecule has 1 heterocycles. The van der Waals surface area contributed by atoms with Crippen molar-refractivity contribution in [1.82, 2.24) is 5.32 Å². The average molecular weight is 371 g/mol. The van der Waals surface area contributed by atoms with Crippen LogP contribution in [0.2, 0.25) is 0 Å². The number of rotatable bonds is 6. The summed E-state index contributed by atoms with van der Waals surface area (Å²) in [6.45, 7) is 8.69. The highest BCUT2D eigenvalue weighted by molar-refractivity contribution is 7.21. The molecular weight excluding hydrogens is 344 g/mol. The monoisotopic (exact) mass is 370 g/mol. The number of benzene rings is 1. The van der Waals surface area contributed by atoms with Gasteiger partial charge in [-0.3, -0.25) is 4.79 Å². The Kier molecular flexibility index (Phi) is 7.08. The third-order valence-electron chi connectivity index (χ3n) is 4.07. The van der Waals surface area contributed by atoms with Gasteiger partial charge in [0.2, 0.25) is 0 Å². The van der Waals surface area contributed by atoms with Gasteiger partial charge in [0.25, 0.3) is 5.91 Å². The number of aryl methyl sites for hydroxylation is 1. The predicted molar refractivity (Wildman–Crippen MR) is 105 cm³/mol. The van der Waals surface area contributed by atoms with E-state index in [0.29, 0.717) is 12.5 Å². The number of fused-ring (bicyclic) bond motifs is 1. The molecule has 1 aromatic carbocycles. The van der Waals surface area contributed by atoms with Crippen molar-refractivity contribution >= 4 is 39.7 Å². The van der Waals surface area contributed by atoms with Crippen molar-refractivity contribution in [2.24, 2.45) is 11.7 Å². The Balaban J connectivity index is 0.00000288. The van der Waals surface area contributed by atoms with E-state index in [-0.39, 0.29) is 23.9 Å². The summed E-state index contributed by atoms with van der Waals surface area (Å²) in [7, 11) is 1.65. The molecule has 1 amide bonds. The van der Waals surface area contributed by atoms with Crippen LogP contribution in [0.1, 0.15) is 42.4 Å². The summed E-state index contributed by atoms with van der Waals surface area (Å²) in [5.41, 5.74) is 6.51. The van der Waals surface area contributed by atoms with Gasteiger partial charge in [0.05, 0.1) is 17.5 Å². The first-order chi connectivity index (χ1) is 10.8. The molecule has 1 unspecified atom stereocenters. The van der Waals surface area contributed by atoms with Crippen LogP contribution in [-0.4, -0.2) is 25.1 Å². The lowest BCUT2D eigenvalue weighted by atomic mass is 9.90. The Hall–Kier alpha value is -1.30. The van der Waals surface area contributed by atoms with Crippen LogP contribution < -0.4 is 15.8 Å². The van der Waals surface area contributed by atoms with E-state index in [1.807, 2.05) is 32.0 Å². The number of thiophene rings is 1. The Morgan fingerprint density at radius 1 is 1.42 bits per heavy atom. The van der Waals surface area contributed by atoms with Gasteiger partial charge in [-0.15, -0.1) is 23.7 Å². The summed E-state index contributed by atoms with van der Waals surface area (Å²) in [6.07, 6.45) is 0.854.